The lowest BCUT2D eigenvalue weighted by Crippen LogP contribution is -2.35. The normalized spacial score (nSPS) is 18.0. The monoisotopic (exact) mass is 343 g/mol. The lowest BCUT2D eigenvalue weighted by molar-refractivity contribution is -0.143. The molecule has 1 aliphatic heterocycles. The third-order valence-electron chi connectivity index (χ3n) is 3.37. The summed E-state index contributed by atoms with van der Waals surface area (Å²) in [5.74, 6) is -12.7. The molecular formula is C13H8F7NO2. The second-order valence-corrected chi connectivity index (χ2v) is 5.57. The molecule has 1 saturated heterocycles. The quantitative estimate of drug-likeness (QED) is 0.444. The molecule has 23 heavy (non-hydrogen) atoms. The Hall–Kier alpha value is -2.13. The highest BCUT2D eigenvalue weighted by Gasteiger charge is 2.50. The van der Waals surface area contributed by atoms with Crippen molar-refractivity contribution in [3.05, 3.63) is 28.8 Å². The highest BCUT2D eigenvalue weighted by Crippen LogP contribution is 2.42. The van der Waals surface area contributed by atoms with Gasteiger partial charge in [-0.3, -0.25) is 9.59 Å². The molecule has 0 bridgehead atoms. The Morgan fingerprint density at radius 2 is 1.35 bits per heavy atom. The zero-order valence-electron chi connectivity index (χ0n) is 11.6. The van der Waals surface area contributed by atoms with E-state index in [-0.39, 0.29) is 4.90 Å². The van der Waals surface area contributed by atoms with Gasteiger partial charge in [0.2, 0.25) is 11.8 Å². The lowest BCUT2D eigenvalue weighted by Gasteiger charge is -2.21. The van der Waals surface area contributed by atoms with E-state index in [0.717, 1.165) is 0 Å². The van der Waals surface area contributed by atoms with Crippen molar-refractivity contribution in [2.45, 2.75) is 26.4 Å². The van der Waals surface area contributed by atoms with E-state index in [0.29, 0.717) is 0 Å². The van der Waals surface area contributed by atoms with Gasteiger partial charge >= 0.3 is 6.18 Å². The minimum atomic E-state index is -5.70. The first kappa shape index (κ1) is 17.2. The number of anilines is 1. The predicted molar refractivity (Wildman–Crippen MR) is 62.2 cm³/mol. The number of carbonyl (C=O) groups excluding carboxylic acids is 2. The molecule has 3 nitrogen and oxygen atoms in total. The van der Waals surface area contributed by atoms with Crippen LogP contribution in [0, 0.1) is 28.7 Å². The van der Waals surface area contributed by atoms with E-state index >= 15 is 0 Å². The second-order valence-electron chi connectivity index (χ2n) is 5.57. The van der Waals surface area contributed by atoms with Crippen LogP contribution in [-0.4, -0.2) is 11.8 Å². The largest absolute Gasteiger partial charge is 0.422 e. The van der Waals surface area contributed by atoms with E-state index in [2.05, 4.69) is 0 Å². The molecule has 0 N–H and O–H groups in total. The van der Waals surface area contributed by atoms with E-state index in [1.165, 1.54) is 13.8 Å². The number of hydrogen-bond donors (Lipinski definition) is 0. The van der Waals surface area contributed by atoms with Crippen LogP contribution in [0.3, 0.4) is 0 Å². The van der Waals surface area contributed by atoms with Crippen LogP contribution in [0.2, 0.25) is 0 Å². The summed E-state index contributed by atoms with van der Waals surface area (Å²) in [6.07, 6.45) is -6.22. The maximum atomic E-state index is 13.9. The van der Waals surface area contributed by atoms with Crippen molar-refractivity contribution in [3.8, 4) is 0 Å². The lowest BCUT2D eigenvalue weighted by atomic mass is 9.92. The van der Waals surface area contributed by atoms with Gasteiger partial charge in [-0.15, -0.1) is 0 Å². The third kappa shape index (κ3) is 2.45. The second kappa shape index (κ2) is 4.93. The molecule has 2 amide bonds. The Bertz CT molecular complexity index is 695. The average Bonchev–Trinajstić information content (AvgIpc) is 2.57. The minimum absolute atomic E-state index is 0.170. The van der Waals surface area contributed by atoms with Gasteiger partial charge in [0, 0.05) is 6.42 Å². The van der Waals surface area contributed by atoms with Gasteiger partial charge in [0.05, 0.1) is 5.41 Å². The number of carbonyl (C=O) groups is 2. The first-order valence-electron chi connectivity index (χ1n) is 6.11. The molecule has 0 radical (unpaired) electrons. The number of alkyl halides is 3. The van der Waals surface area contributed by atoms with E-state index in [1.54, 1.807) is 0 Å². The molecule has 0 saturated carbocycles. The number of hydrogen-bond acceptors (Lipinski definition) is 2. The summed E-state index contributed by atoms with van der Waals surface area (Å²) in [6, 6.07) is 0. The van der Waals surface area contributed by atoms with Gasteiger partial charge in [-0.25, -0.2) is 22.5 Å². The third-order valence-corrected chi connectivity index (χ3v) is 3.37. The van der Waals surface area contributed by atoms with Crippen molar-refractivity contribution < 1.29 is 40.3 Å². The Labute approximate surface area is 124 Å². The zero-order valence-corrected chi connectivity index (χ0v) is 11.6. The van der Waals surface area contributed by atoms with Gasteiger partial charge in [0.15, 0.2) is 23.3 Å². The maximum absolute atomic E-state index is 13.9. The van der Waals surface area contributed by atoms with Crippen LogP contribution in [0.1, 0.15) is 25.8 Å². The standard InChI is InChI=1S/C13H8F7NO2/c1-12(2)3-4(22)21(11(12)23)10-8(16)6(14)5(13(18,19)20)7(15)9(10)17/h3H2,1-2H3. The number of nitrogens with zero attached hydrogens (tertiary/aromatic N) is 1. The molecule has 0 aliphatic carbocycles. The van der Waals surface area contributed by atoms with E-state index < -0.39 is 64.3 Å². The number of benzene rings is 1. The van der Waals surface area contributed by atoms with Crippen molar-refractivity contribution >= 4 is 17.5 Å². The molecule has 0 aromatic heterocycles. The summed E-state index contributed by atoms with van der Waals surface area (Å²) in [5, 5.41) is 0. The van der Waals surface area contributed by atoms with Gasteiger partial charge in [-0.1, -0.05) is 13.8 Å². The van der Waals surface area contributed by atoms with Crippen molar-refractivity contribution in [2.75, 3.05) is 4.90 Å². The molecule has 10 heteroatoms. The van der Waals surface area contributed by atoms with Crippen LogP contribution in [0.4, 0.5) is 36.4 Å². The zero-order chi connectivity index (χ0) is 17.9. The topological polar surface area (TPSA) is 37.4 Å². The number of imide groups is 1. The van der Waals surface area contributed by atoms with Crippen molar-refractivity contribution in [1.82, 2.24) is 0 Å². The molecule has 0 unspecified atom stereocenters. The Morgan fingerprint density at radius 3 is 1.65 bits per heavy atom. The fourth-order valence-corrected chi connectivity index (χ4v) is 2.24. The Balaban J connectivity index is 2.77. The van der Waals surface area contributed by atoms with Gasteiger partial charge in [-0.2, -0.15) is 13.2 Å². The van der Waals surface area contributed by atoms with Crippen LogP contribution in [0.15, 0.2) is 0 Å². The predicted octanol–water partition coefficient (Wildman–Crippen LogP) is 3.55. The van der Waals surface area contributed by atoms with Crippen LogP contribution in [0.25, 0.3) is 0 Å². The number of halogens is 7. The molecule has 126 valence electrons. The summed E-state index contributed by atoms with van der Waals surface area (Å²) in [5.41, 5.74) is -5.96. The average molecular weight is 343 g/mol. The van der Waals surface area contributed by atoms with Crippen LogP contribution in [0.5, 0.6) is 0 Å². The summed E-state index contributed by atoms with van der Waals surface area (Å²) in [4.78, 5) is 23.5. The highest BCUT2D eigenvalue weighted by atomic mass is 19.4. The molecular weight excluding hydrogens is 335 g/mol. The van der Waals surface area contributed by atoms with E-state index in [4.69, 9.17) is 0 Å². The molecule has 0 spiro atoms. The summed E-state index contributed by atoms with van der Waals surface area (Å²) in [6.45, 7) is 2.47. The number of rotatable bonds is 1. The molecule has 1 heterocycles. The summed E-state index contributed by atoms with van der Waals surface area (Å²) >= 11 is 0. The van der Waals surface area contributed by atoms with Crippen molar-refractivity contribution in [3.63, 3.8) is 0 Å². The SMILES string of the molecule is CC1(C)CC(=O)N(c2c(F)c(F)c(C(F)(F)F)c(F)c2F)C1=O. The first-order chi connectivity index (χ1) is 10.3. The molecule has 1 fully saturated rings. The summed E-state index contributed by atoms with van der Waals surface area (Å²) < 4.78 is 92.3. The van der Waals surface area contributed by atoms with Crippen LogP contribution >= 0.6 is 0 Å². The van der Waals surface area contributed by atoms with E-state index in [1.807, 2.05) is 0 Å². The van der Waals surface area contributed by atoms with Crippen molar-refractivity contribution in [2.24, 2.45) is 5.41 Å². The fourth-order valence-electron chi connectivity index (χ4n) is 2.24. The highest BCUT2D eigenvalue weighted by molar-refractivity contribution is 6.22. The molecule has 1 aromatic rings. The molecule has 1 aliphatic rings. The van der Waals surface area contributed by atoms with E-state index in [9.17, 15) is 40.3 Å². The summed E-state index contributed by atoms with van der Waals surface area (Å²) in [7, 11) is 0. The van der Waals surface area contributed by atoms with Crippen LogP contribution < -0.4 is 4.90 Å². The Morgan fingerprint density at radius 1 is 0.913 bits per heavy atom. The minimum Gasteiger partial charge on any atom is -0.274 e. The number of amides is 2. The molecule has 2 rings (SSSR count). The Kier molecular flexibility index (Phi) is 3.70. The van der Waals surface area contributed by atoms with Gasteiger partial charge in [0.25, 0.3) is 0 Å². The fraction of sp³-hybridized carbons (Fsp3) is 0.385. The van der Waals surface area contributed by atoms with Gasteiger partial charge in [0.1, 0.15) is 11.3 Å². The van der Waals surface area contributed by atoms with Gasteiger partial charge < -0.3 is 0 Å². The maximum Gasteiger partial charge on any atom is 0.422 e. The van der Waals surface area contributed by atoms with Crippen LogP contribution in [-0.2, 0) is 15.8 Å². The first-order valence-corrected chi connectivity index (χ1v) is 6.11. The smallest absolute Gasteiger partial charge is 0.274 e. The van der Waals surface area contributed by atoms with Gasteiger partial charge in [-0.05, 0) is 0 Å². The molecule has 0 atom stereocenters. The molecule has 1 aromatic carbocycles. The van der Waals surface area contributed by atoms with Crippen molar-refractivity contribution in [1.29, 1.82) is 0 Å².